The Balaban J connectivity index is 1.53. The van der Waals surface area contributed by atoms with Crippen LogP contribution in [0.4, 0.5) is 0 Å². The molecule has 5 heteroatoms. The van der Waals surface area contributed by atoms with Gasteiger partial charge in [-0.15, -0.1) is 0 Å². The highest BCUT2D eigenvalue weighted by molar-refractivity contribution is 6.31. The third-order valence-electron chi connectivity index (χ3n) is 4.82. The van der Waals surface area contributed by atoms with Crippen molar-refractivity contribution in [2.75, 3.05) is 27.2 Å². The van der Waals surface area contributed by atoms with Gasteiger partial charge >= 0.3 is 0 Å². The van der Waals surface area contributed by atoms with E-state index in [0.717, 1.165) is 24.2 Å². The lowest BCUT2D eigenvalue weighted by Crippen LogP contribution is -2.37. The zero-order valence-electron chi connectivity index (χ0n) is 15.3. The molecule has 26 heavy (non-hydrogen) atoms. The molecule has 138 valence electrons. The van der Waals surface area contributed by atoms with E-state index >= 15 is 0 Å². The number of likely N-dealkylation sites (N-methyl/N-ethyl adjacent to an activating group) is 1. The first-order valence-corrected chi connectivity index (χ1v) is 9.34. The van der Waals surface area contributed by atoms with Crippen LogP contribution in [0.2, 0.25) is 5.02 Å². The van der Waals surface area contributed by atoms with Crippen molar-refractivity contribution in [3.8, 4) is 5.75 Å². The van der Waals surface area contributed by atoms with Crippen LogP contribution in [-0.4, -0.2) is 38.1 Å². The summed E-state index contributed by atoms with van der Waals surface area (Å²) in [4.78, 5) is 14.3. The summed E-state index contributed by atoms with van der Waals surface area (Å²) in [6.45, 7) is 0.491. The Morgan fingerprint density at radius 3 is 2.73 bits per heavy atom. The van der Waals surface area contributed by atoms with Gasteiger partial charge in [0.05, 0.1) is 6.04 Å². The molecule has 0 saturated heterocycles. The lowest BCUT2D eigenvalue weighted by Gasteiger charge is -2.26. The lowest BCUT2D eigenvalue weighted by atomic mass is 10.1. The molecule has 1 atom stereocenters. The molecule has 1 amide bonds. The van der Waals surface area contributed by atoms with Crippen molar-refractivity contribution in [2.45, 2.75) is 25.3 Å². The number of hydrogen-bond donors (Lipinski definition) is 1. The Labute approximate surface area is 160 Å². The van der Waals surface area contributed by atoms with Gasteiger partial charge in [0.25, 0.3) is 5.91 Å². The second kappa shape index (κ2) is 8.56. The summed E-state index contributed by atoms with van der Waals surface area (Å²) in [5.41, 5.74) is 3.74. The van der Waals surface area contributed by atoms with Crippen LogP contribution in [0.5, 0.6) is 5.75 Å². The molecule has 1 unspecified atom stereocenters. The number of hydrogen-bond acceptors (Lipinski definition) is 3. The van der Waals surface area contributed by atoms with Crippen molar-refractivity contribution in [1.82, 2.24) is 10.2 Å². The van der Waals surface area contributed by atoms with Gasteiger partial charge in [-0.1, -0.05) is 35.9 Å². The van der Waals surface area contributed by atoms with Crippen LogP contribution in [-0.2, 0) is 17.6 Å². The molecule has 0 aromatic heterocycles. The van der Waals surface area contributed by atoms with E-state index in [1.807, 2.05) is 49.3 Å². The van der Waals surface area contributed by atoms with E-state index in [1.54, 1.807) is 0 Å². The van der Waals surface area contributed by atoms with Crippen molar-refractivity contribution >= 4 is 17.5 Å². The van der Waals surface area contributed by atoms with E-state index in [9.17, 15) is 4.79 Å². The molecule has 1 N–H and O–H groups in total. The zero-order chi connectivity index (χ0) is 18.5. The fourth-order valence-corrected chi connectivity index (χ4v) is 3.63. The second-order valence-electron chi connectivity index (χ2n) is 6.88. The number of carbonyl (C=O) groups excluding carboxylic acids is 1. The van der Waals surface area contributed by atoms with Gasteiger partial charge in [-0.2, -0.15) is 0 Å². The fraction of sp³-hybridized carbons (Fsp3) is 0.381. The molecular formula is C21H25ClN2O2. The SMILES string of the molecule is CN(C)C(CNC(=O)COc1ccc2c(c1)CCC2)c1ccccc1Cl. The maximum absolute atomic E-state index is 12.2. The number of benzene rings is 2. The molecule has 4 nitrogen and oxygen atoms in total. The van der Waals surface area contributed by atoms with Crippen LogP contribution < -0.4 is 10.1 Å². The van der Waals surface area contributed by atoms with Crippen LogP contribution in [0.25, 0.3) is 0 Å². The standard InChI is InChI=1S/C21H25ClN2O2/c1-24(2)20(18-8-3-4-9-19(18)22)13-23-21(25)14-26-17-11-10-15-6-5-7-16(15)12-17/h3-4,8-12,20H,5-7,13-14H2,1-2H3,(H,23,25). The molecule has 0 saturated carbocycles. The number of ether oxygens (including phenoxy) is 1. The van der Waals surface area contributed by atoms with Crippen LogP contribution in [0, 0.1) is 0 Å². The highest BCUT2D eigenvalue weighted by atomic mass is 35.5. The number of amides is 1. The Bertz CT molecular complexity index is 776. The minimum absolute atomic E-state index is 0.00708. The van der Waals surface area contributed by atoms with Crippen molar-refractivity contribution in [1.29, 1.82) is 0 Å². The van der Waals surface area contributed by atoms with Crippen molar-refractivity contribution in [3.63, 3.8) is 0 Å². The molecule has 2 aromatic rings. The summed E-state index contributed by atoms with van der Waals surface area (Å²) in [5.74, 6) is 0.625. The lowest BCUT2D eigenvalue weighted by molar-refractivity contribution is -0.123. The van der Waals surface area contributed by atoms with E-state index in [1.165, 1.54) is 17.5 Å². The summed E-state index contributed by atoms with van der Waals surface area (Å²) in [5, 5.41) is 3.65. The maximum atomic E-state index is 12.2. The Hall–Kier alpha value is -2.04. The smallest absolute Gasteiger partial charge is 0.258 e. The first kappa shape index (κ1) is 18.7. The normalized spacial score (nSPS) is 14.2. The maximum Gasteiger partial charge on any atom is 0.258 e. The molecule has 0 aliphatic heterocycles. The van der Waals surface area contributed by atoms with Crippen LogP contribution in [0.15, 0.2) is 42.5 Å². The summed E-state index contributed by atoms with van der Waals surface area (Å²) < 4.78 is 5.66. The number of carbonyl (C=O) groups is 1. The highest BCUT2D eigenvalue weighted by Gasteiger charge is 2.18. The molecule has 0 radical (unpaired) electrons. The van der Waals surface area contributed by atoms with Crippen molar-refractivity contribution in [3.05, 3.63) is 64.2 Å². The van der Waals surface area contributed by atoms with Gasteiger partial charge in [0.2, 0.25) is 0 Å². The minimum atomic E-state index is -0.135. The molecule has 3 rings (SSSR count). The summed E-state index contributed by atoms with van der Waals surface area (Å²) in [6, 6.07) is 13.8. The Morgan fingerprint density at radius 1 is 1.19 bits per heavy atom. The summed E-state index contributed by atoms with van der Waals surface area (Å²) in [6.07, 6.45) is 3.44. The van der Waals surface area contributed by atoms with Crippen molar-refractivity contribution < 1.29 is 9.53 Å². The van der Waals surface area contributed by atoms with E-state index in [-0.39, 0.29) is 18.6 Å². The van der Waals surface area contributed by atoms with Gasteiger partial charge in [-0.3, -0.25) is 4.79 Å². The average Bonchev–Trinajstić information content (AvgIpc) is 3.09. The molecule has 0 heterocycles. The fourth-order valence-electron chi connectivity index (χ4n) is 3.36. The number of nitrogens with zero attached hydrogens (tertiary/aromatic N) is 1. The average molecular weight is 373 g/mol. The minimum Gasteiger partial charge on any atom is -0.484 e. The van der Waals surface area contributed by atoms with Crippen LogP contribution in [0.3, 0.4) is 0 Å². The molecule has 1 aliphatic carbocycles. The molecule has 1 aliphatic rings. The van der Waals surface area contributed by atoms with Crippen LogP contribution in [0.1, 0.15) is 29.2 Å². The molecule has 0 fully saturated rings. The van der Waals surface area contributed by atoms with E-state index in [4.69, 9.17) is 16.3 Å². The predicted molar refractivity (Wildman–Crippen MR) is 105 cm³/mol. The third kappa shape index (κ3) is 4.57. The quantitative estimate of drug-likeness (QED) is 0.807. The first-order valence-electron chi connectivity index (χ1n) is 8.97. The van der Waals surface area contributed by atoms with E-state index in [2.05, 4.69) is 17.4 Å². The third-order valence-corrected chi connectivity index (χ3v) is 5.16. The Morgan fingerprint density at radius 2 is 1.96 bits per heavy atom. The number of aryl methyl sites for hydroxylation is 2. The van der Waals surface area contributed by atoms with Gasteiger partial charge in [-0.05, 0) is 68.2 Å². The second-order valence-corrected chi connectivity index (χ2v) is 7.28. The number of fused-ring (bicyclic) bond motifs is 1. The summed E-state index contributed by atoms with van der Waals surface area (Å²) in [7, 11) is 3.95. The predicted octanol–water partition coefficient (Wildman–Crippen LogP) is 3.63. The Kier molecular flexibility index (Phi) is 6.17. The molecule has 2 aromatic carbocycles. The van der Waals surface area contributed by atoms with E-state index < -0.39 is 0 Å². The molecule has 0 spiro atoms. The first-order chi connectivity index (χ1) is 12.5. The largest absolute Gasteiger partial charge is 0.484 e. The van der Waals surface area contributed by atoms with Crippen molar-refractivity contribution in [2.24, 2.45) is 0 Å². The zero-order valence-corrected chi connectivity index (χ0v) is 16.1. The topological polar surface area (TPSA) is 41.6 Å². The van der Waals surface area contributed by atoms with Crippen LogP contribution >= 0.6 is 11.6 Å². The monoisotopic (exact) mass is 372 g/mol. The highest BCUT2D eigenvalue weighted by Crippen LogP contribution is 2.26. The van der Waals surface area contributed by atoms with E-state index in [0.29, 0.717) is 11.6 Å². The summed E-state index contributed by atoms with van der Waals surface area (Å²) >= 11 is 6.30. The number of halogens is 1. The van der Waals surface area contributed by atoms with Gasteiger partial charge in [-0.25, -0.2) is 0 Å². The van der Waals surface area contributed by atoms with Gasteiger partial charge in [0.1, 0.15) is 5.75 Å². The number of nitrogens with one attached hydrogen (secondary N) is 1. The van der Waals surface area contributed by atoms with Gasteiger partial charge in [0.15, 0.2) is 6.61 Å². The van der Waals surface area contributed by atoms with Gasteiger partial charge < -0.3 is 15.0 Å². The molecular weight excluding hydrogens is 348 g/mol. The molecule has 0 bridgehead atoms. The van der Waals surface area contributed by atoms with Gasteiger partial charge in [0, 0.05) is 11.6 Å². The number of rotatable bonds is 7.